The van der Waals surface area contributed by atoms with Crippen molar-refractivity contribution < 1.29 is 58.1 Å². The number of likely N-dealkylation sites (tertiary alicyclic amines) is 1. The van der Waals surface area contributed by atoms with Gasteiger partial charge < -0.3 is 46.4 Å². The van der Waals surface area contributed by atoms with Crippen LogP contribution < -0.4 is 32.0 Å². The molecule has 1 saturated heterocycles. The smallest absolute Gasteiger partial charge is 0.336 e. The summed E-state index contributed by atoms with van der Waals surface area (Å²) in [6.07, 6.45) is -0.814. The number of ether oxygens (including phenoxy) is 1. The monoisotopic (exact) mass is 936 g/mol. The van der Waals surface area contributed by atoms with Crippen LogP contribution >= 0.6 is 0 Å². The molecule has 368 valence electrons. The number of urea groups is 1. The molecule has 0 unspecified atom stereocenters. The Morgan fingerprint density at radius 3 is 1.94 bits per heavy atom. The second kappa shape index (κ2) is 27.2. The van der Waals surface area contributed by atoms with Crippen molar-refractivity contribution in [3.05, 3.63) is 71.8 Å². The minimum absolute atomic E-state index is 0.0348. The summed E-state index contributed by atoms with van der Waals surface area (Å²) in [6, 6.07) is 10.8. The van der Waals surface area contributed by atoms with Gasteiger partial charge in [0.15, 0.2) is 0 Å². The summed E-state index contributed by atoms with van der Waals surface area (Å²) < 4.78 is 6.24. The number of hydrogen-bond acceptors (Lipinski definition) is 10. The third-order valence-electron chi connectivity index (χ3n) is 11.4. The SMILES string of the molecule is CCCCN(NC(=O)[C@@H]1C[C@@H](OCc2ccccc2)CN1C(=O)[C@@H](NC(=O)[C@@H](NC(=O)[C@H](CCC(=O)O)NC(=O)[C@H](CC(=O)O)NC(C)=O)[C@@H](C)CC)C(C)C)C(=O)N[C@@H](C)c1ccccc1. The number of carboxylic acid groups (broad SMARTS) is 2. The predicted molar refractivity (Wildman–Crippen MR) is 245 cm³/mol. The molecule has 0 aromatic heterocycles. The van der Waals surface area contributed by atoms with E-state index in [-0.39, 0.29) is 26.1 Å². The van der Waals surface area contributed by atoms with Gasteiger partial charge in [-0.3, -0.25) is 43.8 Å². The van der Waals surface area contributed by atoms with Crippen LogP contribution in [0.3, 0.4) is 0 Å². The molecule has 1 heterocycles. The summed E-state index contributed by atoms with van der Waals surface area (Å²) in [5, 5.41) is 32.7. The molecule has 0 radical (unpaired) electrons. The number of carboxylic acids is 2. The number of amides is 8. The molecule has 2 aromatic rings. The number of hydrazine groups is 1. The maximum Gasteiger partial charge on any atom is 0.336 e. The second-order valence-corrected chi connectivity index (χ2v) is 17.2. The quantitative estimate of drug-likeness (QED) is 0.0668. The van der Waals surface area contributed by atoms with Crippen LogP contribution in [0.15, 0.2) is 60.7 Å². The third kappa shape index (κ3) is 17.6. The molecule has 1 aliphatic heterocycles. The molecule has 1 aliphatic rings. The normalized spacial score (nSPS) is 17.1. The van der Waals surface area contributed by atoms with Crippen molar-refractivity contribution in [2.75, 3.05) is 13.1 Å². The molecule has 0 saturated carbocycles. The highest BCUT2D eigenvalue weighted by Gasteiger charge is 2.45. The van der Waals surface area contributed by atoms with Gasteiger partial charge in [-0.2, -0.15) is 0 Å². The molecule has 67 heavy (non-hydrogen) atoms. The standard InChI is InChI=1S/C47H68N8O12/c1-8-10-23-55(47(66)48-30(6)33-19-15-12-16-20-33)53-44(63)37-24-34(67-27-32-17-13-11-14-18-32)26-54(37)46(65)40(28(3)4)51-45(64)41(29(5)9-2)52-42(61)35(21-22-38(57)58)50-43(62)36(25-39(59)60)49-31(7)56/h11-20,28-30,34-37,40-41H,8-10,21-27H2,1-7H3,(H,48,66)(H,49,56)(H,50,62)(H,51,64)(H,52,61)(H,53,63)(H,57,58)(H,59,60)/t29-,30-,34+,35-,36-,37-,40-,41-/m0/s1. The van der Waals surface area contributed by atoms with E-state index in [0.717, 1.165) is 18.1 Å². The molecule has 20 nitrogen and oxygen atoms in total. The van der Waals surface area contributed by atoms with Crippen LogP contribution in [0.5, 0.6) is 0 Å². The number of nitrogens with one attached hydrogen (secondary N) is 6. The van der Waals surface area contributed by atoms with Crippen LogP contribution in [-0.2, 0) is 49.7 Å². The first-order chi connectivity index (χ1) is 31.7. The van der Waals surface area contributed by atoms with E-state index in [9.17, 15) is 53.4 Å². The van der Waals surface area contributed by atoms with E-state index in [1.54, 1.807) is 27.7 Å². The molecule has 8 amide bonds. The summed E-state index contributed by atoms with van der Waals surface area (Å²) in [4.78, 5) is 120. The number of carbonyl (C=O) groups is 9. The molecular formula is C47H68N8O12. The lowest BCUT2D eigenvalue weighted by Gasteiger charge is -2.33. The Morgan fingerprint density at radius 2 is 1.37 bits per heavy atom. The van der Waals surface area contributed by atoms with E-state index in [1.165, 1.54) is 9.91 Å². The molecule has 3 rings (SSSR count). The number of nitrogens with zero attached hydrogens (tertiary/aromatic N) is 2. The molecule has 1 fully saturated rings. The number of hydrogen-bond donors (Lipinski definition) is 8. The van der Waals surface area contributed by atoms with Gasteiger partial charge in [0, 0.05) is 32.9 Å². The molecule has 2 aromatic carbocycles. The largest absolute Gasteiger partial charge is 0.481 e. The molecule has 0 aliphatic carbocycles. The first-order valence-electron chi connectivity index (χ1n) is 22.8. The fourth-order valence-electron chi connectivity index (χ4n) is 7.35. The van der Waals surface area contributed by atoms with Crippen molar-refractivity contribution in [1.82, 2.24) is 41.9 Å². The van der Waals surface area contributed by atoms with Gasteiger partial charge in [0.25, 0.3) is 5.91 Å². The summed E-state index contributed by atoms with van der Waals surface area (Å²) in [7, 11) is 0. The van der Waals surface area contributed by atoms with Crippen LogP contribution in [0.25, 0.3) is 0 Å². The van der Waals surface area contributed by atoms with Crippen molar-refractivity contribution >= 4 is 53.4 Å². The Hall–Kier alpha value is -6.57. The van der Waals surface area contributed by atoms with Gasteiger partial charge in [-0.25, -0.2) is 9.80 Å². The summed E-state index contributed by atoms with van der Waals surface area (Å²) in [6.45, 7) is 12.0. The van der Waals surface area contributed by atoms with Crippen molar-refractivity contribution in [2.24, 2.45) is 11.8 Å². The van der Waals surface area contributed by atoms with Gasteiger partial charge in [-0.1, -0.05) is 108 Å². The zero-order chi connectivity index (χ0) is 49.8. The first kappa shape index (κ1) is 54.8. The predicted octanol–water partition coefficient (Wildman–Crippen LogP) is 2.78. The maximum atomic E-state index is 14.8. The van der Waals surface area contributed by atoms with Gasteiger partial charge in [0.2, 0.25) is 29.5 Å². The third-order valence-corrected chi connectivity index (χ3v) is 11.4. The van der Waals surface area contributed by atoms with E-state index in [1.807, 2.05) is 74.5 Å². The van der Waals surface area contributed by atoms with Crippen molar-refractivity contribution in [3.63, 3.8) is 0 Å². The second-order valence-electron chi connectivity index (χ2n) is 17.2. The van der Waals surface area contributed by atoms with Gasteiger partial charge >= 0.3 is 18.0 Å². The van der Waals surface area contributed by atoms with Crippen LogP contribution in [0.4, 0.5) is 4.79 Å². The number of aliphatic carboxylic acids is 2. The Balaban J connectivity index is 1.91. The Kier molecular flexibility index (Phi) is 22.2. The van der Waals surface area contributed by atoms with Crippen LogP contribution in [0, 0.1) is 11.8 Å². The average molecular weight is 937 g/mol. The maximum absolute atomic E-state index is 14.8. The molecule has 20 heteroatoms. The molecule has 8 N–H and O–H groups in total. The van der Waals surface area contributed by atoms with E-state index in [2.05, 4.69) is 32.0 Å². The van der Waals surface area contributed by atoms with E-state index in [0.29, 0.717) is 19.3 Å². The molecular weight excluding hydrogens is 869 g/mol. The van der Waals surface area contributed by atoms with E-state index < -0.39 is 127 Å². The van der Waals surface area contributed by atoms with Crippen molar-refractivity contribution in [2.45, 2.75) is 142 Å². The minimum atomic E-state index is -1.60. The fraction of sp³-hybridized carbons (Fsp3) is 0.553. The summed E-state index contributed by atoms with van der Waals surface area (Å²) in [5.41, 5.74) is 4.47. The lowest BCUT2D eigenvalue weighted by atomic mass is 9.95. The zero-order valence-corrected chi connectivity index (χ0v) is 39.4. The summed E-state index contributed by atoms with van der Waals surface area (Å²) >= 11 is 0. The van der Waals surface area contributed by atoms with Crippen molar-refractivity contribution in [1.29, 1.82) is 0 Å². The highest BCUT2D eigenvalue weighted by atomic mass is 16.5. The highest BCUT2D eigenvalue weighted by molar-refractivity contribution is 5.97. The van der Waals surface area contributed by atoms with Gasteiger partial charge in [-0.15, -0.1) is 0 Å². The first-order valence-corrected chi connectivity index (χ1v) is 22.8. The summed E-state index contributed by atoms with van der Waals surface area (Å²) in [5.74, 6) is -8.68. The average Bonchev–Trinajstić information content (AvgIpc) is 3.73. The number of carbonyl (C=O) groups excluding carboxylic acids is 7. The Bertz CT molecular complexity index is 1990. The van der Waals surface area contributed by atoms with Crippen molar-refractivity contribution in [3.8, 4) is 0 Å². The number of benzene rings is 2. The number of unbranched alkanes of at least 4 members (excludes halogenated alkanes) is 1. The Labute approximate surface area is 391 Å². The Morgan fingerprint density at radius 1 is 0.761 bits per heavy atom. The van der Waals surface area contributed by atoms with E-state index >= 15 is 0 Å². The highest BCUT2D eigenvalue weighted by Crippen LogP contribution is 2.25. The molecule has 8 atom stereocenters. The van der Waals surface area contributed by atoms with E-state index in [4.69, 9.17) is 4.74 Å². The van der Waals surface area contributed by atoms with Crippen LogP contribution in [0.1, 0.15) is 111 Å². The molecule has 0 bridgehead atoms. The lowest BCUT2D eigenvalue weighted by molar-refractivity contribution is -0.144. The number of rotatable bonds is 25. The molecule has 0 spiro atoms. The van der Waals surface area contributed by atoms with Gasteiger partial charge in [0.05, 0.1) is 25.2 Å². The fourth-order valence-corrected chi connectivity index (χ4v) is 7.35. The minimum Gasteiger partial charge on any atom is -0.481 e. The zero-order valence-electron chi connectivity index (χ0n) is 39.4. The van der Waals surface area contributed by atoms with Crippen LogP contribution in [-0.4, -0.2) is 123 Å². The lowest BCUT2D eigenvalue weighted by Crippen LogP contribution is -2.62. The van der Waals surface area contributed by atoms with Gasteiger partial charge in [0.1, 0.15) is 30.2 Å². The van der Waals surface area contributed by atoms with Crippen LogP contribution in [0.2, 0.25) is 0 Å². The topological polar surface area (TPSA) is 282 Å². The van der Waals surface area contributed by atoms with Gasteiger partial charge in [-0.05, 0) is 42.7 Å².